The highest BCUT2D eigenvalue weighted by molar-refractivity contribution is 7.22. The summed E-state index contributed by atoms with van der Waals surface area (Å²) in [6, 6.07) is 4.24. The molecule has 98 valence electrons. The zero-order valence-electron chi connectivity index (χ0n) is 10.1. The van der Waals surface area contributed by atoms with Crippen LogP contribution in [0.15, 0.2) is 30.4 Å². The molecule has 0 aliphatic carbocycles. The number of carbonyl (C=O) groups is 1. The lowest BCUT2D eigenvalue weighted by Crippen LogP contribution is -2.37. The van der Waals surface area contributed by atoms with Crippen molar-refractivity contribution >= 4 is 32.7 Å². The average molecular weight is 277 g/mol. The zero-order valence-corrected chi connectivity index (χ0v) is 10.9. The molecule has 0 radical (unpaired) electrons. The summed E-state index contributed by atoms with van der Waals surface area (Å²) in [7, 11) is 0. The van der Waals surface area contributed by atoms with Crippen molar-refractivity contribution in [3.8, 4) is 0 Å². The van der Waals surface area contributed by atoms with E-state index in [0.29, 0.717) is 23.7 Å². The van der Waals surface area contributed by atoms with Crippen molar-refractivity contribution in [3.63, 3.8) is 0 Å². The lowest BCUT2D eigenvalue weighted by Gasteiger charge is -2.22. The number of nitrogens with zero attached hydrogens (tertiary/aromatic N) is 2. The highest BCUT2D eigenvalue weighted by atomic mass is 32.1. The van der Waals surface area contributed by atoms with E-state index in [1.807, 2.05) is 6.08 Å². The maximum Gasteiger partial charge on any atom is 0.323 e. The molecule has 0 atom stereocenters. The minimum atomic E-state index is -0.296. The van der Waals surface area contributed by atoms with Gasteiger partial charge in [0.15, 0.2) is 5.13 Å². The number of anilines is 1. The van der Waals surface area contributed by atoms with E-state index < -0.39 is 0 Å². The van der Waals surface area contributed by atoms with Gasteiger partial charge in [0.1, 0.15) is 5.82 Å². The minimum Gasteiger partial charge on any atom is -0.320 e. The molecule has 2 amide bonds. The van der Waals surface area contributed by atoms with Crippen molar-refractivity contribution in [2.45, 2.75) is 6.42 Å². The number of urea groups is 1. The lowest BCUT2D eigenvalue weighted by molar-refractivity contribution is 0.216. The third kappa shape index (κ3) is 2.58. The van der Waals surface area contributed by atoms with Gasteiger partial charge in [-0.2, -0.15) is 0 Å². The summed E-state index contributed by atoms with van der Waals surface area (Å²) in [5.74, 6) is -0.296. The van der Waals surface area contributed by atoms with E-state index in [1.165, 1.54) is 23.5 Å². The molecule has 6 heteroatoms. The lowest BCUT2D eigenvalue weighted by atomic mass is 10.3. The Morgan fingerprint density at radius 3 is 3.11 bits per heavy atom. The Balaban J connectivity index is 1.77. The molecule has 0 saturated carbocycles. The molecular formula is C13H12FN3OS. The maximum absolute atomic E-state index is 13.1. The monoisotopic (exact) mass is 277 g/mol. The van der Waals surface area contributed by atoms with E-state index in [4.69, 9.17) is 0 Å². The molecule has 0 bridgehead atoms. The first-order valence-corrected chi connectivity index (χ1v) is 6.81. The van der Waals surface area contributed by atoms with E-state index in [0.717, 1.165) is 11.1 Å². The van der Waals surface area contributed by atoms with E-state index in [2.05, 4.69) is 16.4 Å². The molecule has 3 rings (SSSR count). The summed E-state index contributed by atoms with van der Waals surface area (Å²) in [5, 5.41) is 3.26. The van der Waals surface area contributed by atoms with Crippen molar-refractivity contribution in [1.29, 1.82) is 0 Å². The normalized spacial score (nSPS) is 14.9. The third-order valence-electron chi connectivity index (χ3n) is 2.91. The van der Waals surface area contributed by atoms with E-state index in [-0.39, 0.29) is 11.8 Å². The number of benzene rings is 1. The van der Waals surface area contributed by atoms with Crippen molar-refractivity contribution in [1.82, 2.24) is 9.88 Å². The maximum atomic E-state index is 13.1. The molecule has 0 unspecified atom stereocenters. The van der Waals surface area contributed by atoms with E-state index in [9.17, 15) is 9.18 Å². The summed E-state index contributed by atoms with van der Waals surface area (Å²) < 4.78 is 13.8. The molecule has 4 nitrogen and oxygen atoms in total. The number of carbonyl (C=O) groups excluding carboxylic acids is 1. The molecule has 1 aliphatic rings. The molecule has 19 heavy (non-hydrogen) atoms. The van der Waals surface area contributed by atoms with Crippen molar-refractivity contribution in [2.75, 3.05) is 18.4 Å². The number of nitrogens with one attached hydrogen (secondary N) is 1. The van der Waals surface area contributed by atoms with Crippen LogP contribution in [0.25, 0.3) is 10.2 Å². The van der Waals surface area contributed by atoms with Gasteiger partial charge in [0.05, 0.1) is 10.2 Å². The van der Waals surface area contributed by atoms with E-state index in [1.54, 1.807) is 11.0 Å². The Kier molecular flexibility index (Phi) is 3.16. The number of amides is 2. The molecule has 0 fully saturated rings. The molecule has 1 aromatic heterocycles. The number of rotatable bonds is 1. The van der Waals surface area contributed by atoms with Crippen LogP contribution in [0.4, 0.5) is 14.3 Å². The van der Waals surface area contributed by atoms with Crippen LogP contribution in [0.3, 0.4) is 0 Å². The number of hydrogen-bond donors (Lipinski definition) is 1. The van der Waals surface area contributed by atoms with Gasteiger partial charge in [0.2, 0.25) is 0 Å². The third-order valence-corrected chi connectivity index (χ3v) is 3.84. The van der Waals surface area contributed by atoms with Gasteiger partial charge in [0, 0.05) is 13.1 Å². The van der Waals surface area contributed by atoms with Gasteiger partial charge in [-0.1, -0.05) is 23.5 Å². The van der Waals surface area contributed by atoms with Crippen LogP contribution in [-0.4, -0.2) is 29.0 Å². The summed E-state index contributed by atoms with van der Waals surface area (Å²) in [4.78, 5) is 18.0. The summed E-state index contributed by atoms with van der Waals surface area (Å²) in [5.41, 5.74) is 0.695. The van der Waals surface area contributed by atoms with Gasteiger partial charge < -0.3 is 4.90 Å². The quantitative estimate of drug-likeness (QED) is 0.813. The summed E-state index contributed by atoms with van der Waals surface area (Å²) in [6.07, 6.45) is 4.90. The topological polar surface area (TPSA) is 45.2 Å². The second-order valence-electron chi connectivity index (χ2n) is 4.27. The van der Waals surface area contributed by atoms with E-state index >= 15 is 0 Å². The first kappa shape index (κ1) is 12.1. The fourth-order valence-electron chi connectivity index (χ4n) is 1.95. The van der Waals surface area contributed by atoms with Crippen molar-refractivity contribution in [3.05, 3.63) is 36.2 Å². The molecule has 1 aromatic carbocycles. The number of halogens is 1. The predicted octanol–water partition coefficient (Wildman–Crippen LogP) is 3.23. The molecule has 1 N–H and O–H groups in total. The van der Waals surface area contributed by atoms with Gasteiger partial charge in [0.25, 0.3) is 0 Å². The number of aromatic nitrogens is 1. The molecule has 2 aromatic rings. The van der Waals surface area contributed by atoms with Gasteiger partial charge in [-0.25, -0.2) is 14.2 Å². The van der Waals surface area contributed by atoms with Crippen LogP contribution in [0.1, 0.15) is 6.42 Å². The van der Waals surface area contributed by atoms with Crippen LogP contribution in [-0.2, 0) is 0 Å². The molecule has 1 aliphatic heterocycles. The smallest absolute Gasteiger partial charge is 0.320 e. The van der Waals surface area contributed by atoms with Gasteiger partial charge in [-0.3, -0.25) is 5.32 Å². The SMILES string of the molecule is O=C(Nc1nc2ccc(F)cc2s1)N1CC=CCC1. The molecule has 2 heterocycles. The van der Waals surface area contributed by atoms with Crippen LogP contribution in [0, 0.1) is 5.82 Å². The van der Waals surface area contributed by atoms with Crippen LogP contribution in [0.2, 0.25) is 0 Å². The van der Waals surface area contributed by atoms with Gasteiger partial charge in [-0.05, 0) is 24.6 Å². The first-order chi connectivity index (χ1) is 9.22. The minimum absolute atomic E-state index is 0.163. The predicted molar refractivity (Wildman–Crippen MR) is 73.9 cm³/mol. The first-order valence-electron chi connectivity index (χ1n) is 5.99. The molecular weight excluding hydrogens is 265 g/mol. The molecule has 0 saturated heterocycles. The second-order valence-corrected chi connectivity index (χ2v) is 5.30. The highest BCUT2D eigenvalue weighted by Crippen LogP contribution is 2.26. The summed E-state index contributed by atoms with van der Waals surface area (Å²) in [6.45, 7) is 1.33. The second kappa shape index (κ2) is 4.97. The van der Waals surface area contributed by atoms with Crippen molar-refractivity contribution < 1.29 is 9.18 Å². The Morgan fingerprint density at radius 1 is 1.42 bits per heavy atom. The highest BCUT2D eigenvalue weighted by Gasteiger charge is 2.15. The van der Waals surface area contributed by atoms with Crippen LogP contribution in [0.5, 0.6) is 0 Å². The molecule has 0 spiro atoms. The fraction of sp³-hybridized carbons (Fsp3) is 0.231. The van der Waals surface area contributed by atoms with Crippen LogP contribution >= 0.6 is 11.3 Å². The largest absolute Gasteiger partial charge is 0.323 e. The Labute approximate surface area is 113 Å². The summed E-state index contributed by atoms with van der Waals surface area (Å²) >= 11 is 1.28. The fourth-order valence-corrected chi connectivity index (χ4v) is 2.83. The standard InChI is InChI=1S/C13H12FN3OS/c14-9-4-5-10-11(8-9)19-12(15-10)16-13(18)17-6-2-1-3-7-17/h1-2,4-5,8H,3,6-7H2,(H,15,16,18). The number of hydrogen-bond acceptors (Lipinski definition) is 3. The Morgan fingerprint density at radius 2 is 2.32 bits per heavy atom. The number of fused-ring (bicyclic) bond motifs is 1. The van der Waals surface area contributed by atoms with Crippen molar-refractivity contribution in [2.24, 2.45) is 0 Å². The van der Waals surface area contributed by atoms with Crippen LogP contribution < -0.4 is 5.32 Å². The van der Waals surface area contributed by atoms with Gasteiger partial charge in [-0.15, -0.1) is 0 Å². The zero-order chi connectivity index (χ0) is 13.2. The number of thiazole rings is 1. The van der Waals surface area contributed by atoms with Gasteiger partial charge >= 0.3 is 6.03 Å². The Hall–Kier alpha value is -1.95. The Bertz CT molecular complexity index is 652. The average Bonchev–Trinajstić information content (AvgIpc) is 2.81.